The van der Waals surface area contributed by atoms with Crippen LogP contribution in [0.2, 0.25) is 0 Å². The highest BCUT2D eigenvalue weighted by Gasteiger charge is 2.27. The molecule has 0 aromatic rings. The molecule has 1 aliphatic rings. The molecule has 0 saturated carbocycles. The predicted octanol–water partition coefficient (Wildman–Crippen LogP) is 0.0554. The summed E-state index contributed by atoms with van der Waals surface area (Å²) < 4.78 is 5.31. The van der Waals surface area contributed by atoms with Crippen LogP contribution in [0.1, 0.15) is 26.2 Å². The lowest BCUT2D eigenvalue weighted by Crippen LogP contribution is -2.34. The molecule has 1 aliphatic heterocycles. The number of hydrogen-bond donors (Lipinski definition) is 2. The summed E-state index contributed by atoms with van der Waals surface area (Å²) in [6, 6.07) is 0. The molecule has 1 heterocycles. The number of ether oxygens (including phenoxy) is 1. The zero-order chi connectivity index (χ0) is 11.8. The first kappa shape index (κ1) is 13.0. The molecule has 0 spiro atoms. The number of amides is 2. The Hall–Kier alpha value is -1.10. The van der Waals surface area contributed by atoms with Crippen LogP contribution in [0.15, 0.2) is 0 Å². The summed E-state index contributed by atoms with van der Waals surface area (Å²) in [5, 5.41) is 5.40. The minimum Gasteiger partial charge on any atom is -0.380 e. The quantitative estimate of drug-likeness (QED) is 0.605. The van der Waals surface area contributed by atoms with E-state index in [9.17, 15) is 9.59 Å². The van der Waals surface area contributed by atoms with Gasteiger partial charge in [0.05, 0.1) is 12.5 Å². The average Bonchev–Trinajstić information content (AvgIpc) is 2.70. The molecule has 0 aliphatic carbocycles. The lowest BCUT2D eigenvalue weighted by Gasteiger charge is -2.09. The summed E-state index contributed by atoms with van der Waals surface area (Å²) in [6.45, 7) is 4.37. The smallest absolute Gasteiger partial charge is 0.225 e. The van der Waals surface area contributed by atoms with Crippen molar-refractivity contribution in [3.05, 3.63) is 0 Å². The Kier molecular flexibility index (Phi) is 5.85. The van der Waals surface area contributed by atoms with Crippen molar-refractivity contribution < 1.29 is 14.3 Å². The number of hydrogen-bond acceptors (Lipinski definition) is 3. The first-order chi connectivity index (χ1) is 7.74. The van der Waals surface area contributed by atoms with E-state index in [4.69, 9.17) is 4.74 Å². The maximum Gasteiger partial charge on any atom is 0.225 e. The van der Waals surface area contributed by atoms with Crippen molar-refractivity contribution in [3.63, 3.8) is 0 Å². The Bertz CT molecular complexity index is 243. The molecule has 2 amide bonds. The average molecular weight is 228 g/mol. The lowest BCUT2D eigenvalue weighted by molar-refractivity contribution is -0.126. The van der Waals surface area contributed by atoms with Gasteiger partial charge in [0.15, 0.2) is 0 Å². The van der Waals surface area contributed by atoms with E-state index in [0.717, 1.165) is 19.4 Å². The maximum absolute atomic E-state index is 11.5. The second-order valence-electron chi connectivity index (χ2n) is 3.96. The van der Waals surface area contributed by atoms with Crippen molar-refractivity contribution in [2.24, 2.45) is 5.92 Å². The monoisotopic (exact) mass is 228 g/mol. The normalized spacial score (nSPS) is 19.6. The van der Waals surface area contributed by atoms with Crippen LogP contribution in [0.25, 0.3) is 0 Å². The van der Waals surface area contributed by atoms with Gasteiger partial charge in [0, 0.05) is 26.1 Å². The topological polar surface area (TPSA) is 67.4 Å². The van der Waals surface area contributed by atoms with Crippen LogP contribution in [0.4, 0.5) is 0 Å². The van der Waals surface area contributed by atoms with E-state index in [1.54, 1.807) is 0 Å². The Labute approximate surface area is 95.9 Å². The summed E-state index contributed by atoms with van der Waals surface area (Å²) in [5.74, 6) is -0.306. The molecule has 0 aromatic heterocycles. The van der Waals surface area contributed by atoms with E-state index in [-0.39, 0.29) is 17.7 Å². The highest BCUT2D eigenvalue weighted by Crippen LogP contribution is 2.08. The van der Waals surface area contributed by atoms with Gasteiger partial charge in [-0.05, 0) is 6.42 Å². The molecule has 0 aromatic carbocycles. The first-order valence-electron chi connectivity index (χ1n) is 5.86. The van der Waals surface area contributed by atoms with Crippen LogP contribution in [0.3, 0.4) is 0 Å². The fraction of sp³-hybridized carbons (Fsp3) is 0.818. The van der Waals surface area contributed by atoms with Gasteiger partial charge in [-0.15, -0.1) is 0 Å². The molecular weight excluding hydrogens is 208 g/mol. The van der Waals surface area contributed by atoms with Crippen molar-refractivity contribution in [1.29, 1.82) is 0 Å². The van der Waals surface area contributed by atoms with Gasteiger partial charge in [-0.2, -0.15) is 0 Å². The molecule has 1 saturated heterocycles. The molecule has 92 valence electrons. The van der Waals surface area contributed by atoms with Gasteiger partial charge in [-0.25, -0.2) is 0 Å². The molecule has 5 heteroatoms. The lowest BCUT2D eigenvalue weighted by atomic mass is 10.1. The first-order valence-corrected chi connectivity index (χ1v) is 5.86. The number of nitrogens with one attached hydrogen (secondary N) is 2. The zero-order valence-electron chi connectivity index (χ0n) is 9.75. The standard InChI is InChI=1S/C11H20N2O3/c1-2-3-5-16-6-4-12-11(15)9-7-10(14)13-8-9/h9H,2-8H2,1H3,(H,12,15)(H,13,14). The fourth-order valence-electron chi connectivity index (χ4n) is 1.53. The Morgan fingerprint density at radius 3 is 3.00 bits per heavy atom. The van der Waals surface area contributed by atoms with Crippen molar-refractivity contribution in [2.75, 3.05) is 26.3 Å². The molecule has 0 radical (unpaired) electrons. The van der Waals surface area contributed by atoms with Crippen molar-refractivity contribution >= 4 is 11.8 Å². The van der Waals surface area contributed by atoms with E-state index >= 15 is 0 Å². The summed E-state index contributed by atoms with van der Waals surface area (Å²) >= 11 is 0. The van der Waals surface area contributed by atoms with Crippen molar-refractivity contribution in [3.8, 4) is 0 Å². The largest absolute Gasteiger partial charge is 0.380 e. The second-order valence-corrected chi connectivity index (χ2v) is 3.96. The summed E-state index contributed by atoms with van der Waals surface area (Å²) in [7, 11) is 0. The highest BCUT2D eigenvalue weighted by atomic mass is 16.5. The van der Waals surface area contributed by atoms with Crippen LogP contribution < -0.4 is 10.6 Å². The van der Waals surface area contributed by atoms with E-state index < -0.39 is 0 Å². The second kappa shape index (κ2) is 7.22. The van der Waals surface area contributed by atoms with Crippen LogP contribution in [0, 0.1) is 5.92 Å². The SMILES string of the molecule is CCCCOCCNC(=O)C1CNC(=O)C1. The minimum atomic E-state index is -0.205. The number of unbranched alkanes of at least 4 members (excludes halogenated alkanes) is 1. The van der Waals surface area contributed by atoms with Gasteiger partial charge < -0.3 is 15.4 Å². The van der Waals surface area contributed by atoms with Gasteiger partial charge in [-0.3, -0.25) is 9.59 Å². The van der Waals surface area contributed by atoms with Crippen molar-refractivity contribution in [1.82, 2.24) is 10.6 Å². The van der Waals surface area contributed by atoms with Gasteiger partial charge in [0.25, 0.3) is 0 Å². The van der Waals surface area contributed by atoms with E-state index in [2.05, 4.69) is 17.6 Å². The fourth-order valence-corrected chi connectivity index (χ4v) is 1.53. The van der Waals surface area contributed by atoms with Gasteiger partial charge in [0.1, 0.15) is 0 Å². The summed E-state index contributed by atoms with van der Waals surface area (Å²) in [5.41, 5.74) is 0. The molecule has 5 nitrogen and oxygen atoms in total. The summed E-state index contributed by atoms with van der Waals surface area (Å²) in [4.78, 5) is 22.4. The van der Waals surface area contributed by atoms with E-state index in [0.29, 0.717) is 26.1 Å². The minimum absolute atomic E-state index is 0.0423. The third-order valence-electron chi connectivity index (χ3n) is 2.54. The molecule has 1 atom stereocenters. The zero-order valence-corrected chi connectivity index (χ0v) is 9.75. The maximum atomic E-state index is 11.5. The number of carbonyl (C=O) groups is 2. The third kappa shape index (κ3) is 4.61. The van der Waals surface area contributed by atoms with E-state index in [1.807, 2.05) is 0 Å². The van der Waals surface area contributed by atoms with Crippen LogP contribution in [-0.4, -0.2) is 38.1 Å². The van der Waals surface area contributed by atoms with Gasteiger partial charge >= 0.3 is 0 Å². The molecule has 1 fully saturated rings. The number of rotatable bonds is 7. The Morgan fingerprint density at radius 2 is 2.38 bits per heavy atom. The summed E-state index contributed by atoms with van der Waals surface area (Å²) in [6.07, 6.45) is 2.47. The molecule has 0 bridgehead atoms. The molecule has 1 unspecified atom stereocenters. The van der Waals surface area contributed by atoms with Crippen LogP contribution in [-0.2, 0) is 14.3 Å². The third-order valence-corrected chi connectivity index (χ3v) is 2.54. The Balaban J connectivity index is 2.00. The Morgan fingerprint density at radius 1 is 1.56 bits per heavy atom. The van der Waals surface area contributed by atoms with Gasteiger partial charge in [0.2, 0.25) is 11.8 Å². The van der Waals surface area contributed by atoms with Gasteiger partial charge in [-0.1, -0.05) is 13.3 Å². The number of carbonyl (C=O) groups excluding carboxylic acids is 2. The predicted molar refractivity (Wildman–Crippen MR) is 59.9 cm³/mol. The van der Waals surface area contributed by atoms with Crippen LogP contribution in [0.5, 0.6) is 0 Å². The van der Waals surface area contributed by atoms with Crippen LogP contribution >= 0.6 is 0 Å². The van der Waals surface area contributed by atoms with Crippen molar-refractivity contribution in [2.45, 2.75) is 26.2 Å². The molecule has 16 heavy (non-hydrogen) atoms. The molecule has 1 rings (SSSR count). The van der Waals surface area contributed by atoms with E-state index in [1.165, 1.54) is 0 Å². The highest BCUT2D eigenvalue weighted by molar-refractivity contribution is 5.89. The molecular formula is C11H20N2O3. The molecule has 2 N–H and O–H groups in total.